The van der Waals surface area contributed by atoms with Crippen molar-refractivity contribution < 1.29 is 0 Å². The van der Waals surface area contributed by atoms with Crippen molar-refractivity contribution in [3.05, 3.63) is 30.0 Å². The first-order valence-electron chi connectivity index (χ1n) is 8.27. The largest absolute Gasteiger partial charge is 0.307 e. The predicted molar refractivity (Wildman–Crippen MR) is 85.2 cm³/mol. The summed E-state index contributed by atoms with van der Waals surface area (Å²) in [6, 6.07) is 10.1. The van der Waals surface area contributed by atoms with Gasteiger partial charge in [-0.3, -0.25) is 9.58 Å². The molecule has 1 N–H and O–H groups in total. The first-order chi connectivity index (χ1) is 10.3. The zero-order valence-electron chi connectivity index (χ0n) is 12.8. The van der Waals surface area contributed by atoms with Gasteiger partial charge in [0, 0.05) is 43.6 Å². The minimum absolute atomic E-state index is 0.635. The number of rotatable bonds is 5. The number of fused-ring (bicyclic) bond motifs is 1. The molecule has 1 aromatic heterocycles. The molecule has 2 aliphatic rings. The highest BCUT2D eigenvalue weighted by Crippen LogP contribution is 2.30. The van der Waals surface area contributed by atoms with Crippen LogP contribution in [0.2, 0.25) is 0 Å². The van der Waals surface area contributed by atoms with E-state index >= 15 is 0 Å². The molecule has 0 radical (unpaired) electrons. The van der Waals surface area contributed by atoms with Gasteiger partial charge in [0.1, 0.15) is 0 Å². The van der Waals surface area contributed by atoms with Gasteiger partial charge in [-0.1, -0.05) is 18.2 Å². The number of aromatic nitrogens is 2. The molecular formula is C17H24N4. The van der Waals surface area contributed by atoms with Crippen LogP contribution in [0.1, 0.15) is 31.9 Å². The van der Waals surface area contributed by atoms with Crippen LogP contribution in [-0.4, -0.2) is 39.9 Å². The van der Waals surface area contributed by atoms with E-state index in [2.05, 4.69) is 46.1 Å². The van der Waals surface area contributed by atoms with Crippen molar-refractivity contribution in [1.82, 2.24) is 20.0 Å². The third-order valence-electron chi connectivity index (χ3n) is 4.88. The molecule has 0 spiro atoms. The van der Waals surface area contributed by atoms with Crippen molar-refractivity contribution in [3.63, 3.8) is 0 Å². The molecule has 1 atom stereocenters. The van der Waals surface area contributed by atoms with E-state index in [1.54, 1.807) is 0 Å². The number of para-hydroxylation sites is 1. The van der Waals surface area contributed by atoms with Gasteiger partial charge in [0.25, 0.3) is 0 Å². The molecule has 0 bridgehead atoms. The molecule has 4 heteroatoms. The summed E-state index contributed by atoms with van der Waals surface area (Å²) in [5.41, 5.74) is 2.44. The lowest BCUT2D eigenvalue weighted by molar-refractivity contribution is 0.317. The van der Waals surface area contributed by atoms with E-state index in [0.29, 0.717) is 6.04 Å². The number of likely N-dealkylation sites (tertiary alicyclic amines) is 1. The maximum atomic E-state index is 4.78. The Balaban J connectivity index is 1.45. The summed E-state index contributed by atoms with van der Waals surface area (Å²) < 4.78 is 2.11. The molecule has 1 unspecified atom stereocenters. The third kappa shape index (κ3) is 2.58. The minimum atomic E-state index is 0.635. The zero-order chi connectivity index (χ0) is 14.2. The summed E-state index contributed by atoms with van der Waals surface area (Å²) >= 11 is 0. The summed E-state index contributed by atoms with van der Waals surface area (Å²) in [4.78, 5) is 2.65. The SMILES string of the molecule is CCn1nc(CNC2CCN(C3CC3)C2)c2ccccc21. The molecule has 1 saturated heterocycles. The van der Waals surface area contributed by atoms with Crippen LogP contribution in [0.15, 0.2) is 24.3 Å². The Morgan fingerprint density at radius 1 is 1.24 bits per heavy atom. The summed E-state index contributed by atoms with van der Waals surface area (Å²) in [5, 5.41) is 9.79. The lowest BCUT2D eigenvalue weighted by atomic mass is 10.2. The van der Waals surface area contributed by atoms with Crippen LogP contribution in [0.25, 0.3) is 10.9 Å². The highest BCUT2D eigenvalue weighted by atomic mass is 15.3. The highest BCUT2D eigenvalue weighted by Gasteiger charge is 2.34. The monoisotopic (exact) mass is 284 g/mol. The zero-order valence-corrected chi connectivity index (χ0v) is 12.8. The molecule has 4 rings (SSSR count). The van der Waals surface area contributed by atoms with Gasteiger partial charge in [-0.05, 0) is 32.3 Å². The van der Waals surface area contributed by atoms with Crippen molar-refractivity contribution in [1.29, 1.82) is 0 Å². The number of nitrogens with one attached hydrogen (secondary N) is 1. The van der Waals surface area contributed by atoms with Gasteiger partial charge < -0.3 is 5.32 Å². The molecule has 2 fully saturated rings. The molecule has 0 amide bonds. The van der Waals surface area contributed by atoms with Gasteiger partial charge in [-0.25, -0.2) is 0 Å². The Bertz CT molecular complexity index is 629. The third-order valence-corrected chi connectivity index (χ3v) is 4.88. The average Bonchev–Trinajstić information content (AvgIpc) is 3.16. The number of nitrogens with zero attached hydrogens (tertiary/aromatic N) is 3. The summed E-state index contributed by atoms with van der Waals surface area (Å²) in [6.07, 6.45) is 4.11. The van der Waals surface area contributed by atoms with Crippen LogP contribution >= 0.6 is 0 Å². The molecule has 4 nitrogen and oxygen atoms in total. The van der Waals surface area contributed by atoms with Gasteiger partial charge in [-0.15, -0.1) is 0 Å². The fraction of sp³-hybridized carbons (Fsp3) is 0.588. The molecule has 1 aliphatic heterocycles. The Labute approximate surface area is 126 Å². The van der Waals surface area contributed by atoms with Gasteiger partial charge in [0.2, 0.25) is 0 Å². The molecule has 2 heterocycles. The number of hydrogen-bond acceptors (Lipinski definition) is 3. The highest BCUT2D eigenvalue weighted by molar-refractivity contribution is 5.81. The topological polar surface area (TPSA) is 33.1 Å². The van der Waals surface area contributed by atoms with E-state index in [1.165, 1.54) is 48.9 Å². The molecule has 112 valence electrons. The first-order valence-corrected chi connectivity index (χ1v) is 8.27. The second kappa shape index (κ2) is 5.43. The summed E-state index contributed by atoms with van der Waals surface area (Å²) in [6.45, 7) is 6.46. The fourth-order valence-corrected chi connectivity index (χ4v) is 3.53. The van der Waals surface area contributed by atoms with Crippen molar-refractivity contribution in [3.8, 4) is 0 Å². The molecular weight excluding hydrogens is 260 g/mol. The minimum Gasteiger partial charge on any atom is -0.307 e. The maximum absolute atomic E-state index is 4.78. The van der Waals surface area contributed by atoms with Crippen molar-refractivity contribution in [2.75, 3.05) is 13.1 Å². The van der Waals surface area contributed by atoms with Crippen LogP contribution in [-0.2, 0) is 13.1 Å². The smallest absolute Gasteiger partial charge is 0.0841 e. The van der Waals surface area contributed by atoms with Gasteiger partial charge in [0.05, 0.1) is 11.2 Å². The van der Waals surface area contributed by atoms with E-state index in [9.17, 15) is 0 Å². The van der Waals surface area contributed by atoms with Crippen LogP contribution in [0, 0.1) is 0 Å². The predicted octanol–water partition coefficient (Wildman–Crippen LogP) is 2.38. The Hall–Kier alpha value is -1.39. The number of benzene rings is 1. The van der Waals surface area contributed by atoms with Crippen molar-refractivity contribution in [2.45, 2.75) is 51.4 Å². The normalized spacial score (nSPS) is 23.2. The number of hydrogen-bond donors (Lipinski definition) is 1. The lowest BCUT2D eigenvalue weighted by Crippen LogP contribution is -2.33. The van der Waals surface area contributed by atoms with Gasteiger partial charge in [-0.2, -0.15) is 5.10 Å². The quantitative estimate of drug-likeness (QED) is 0.915. The average molecular weight is 284 g/mol. The van der Waals surface area contributed by atoms with Crippen molar-refractivity contribution in [2.24, 2.45) is 0 Å². The molecule has 1 saturated carbocycles. The van der Waals surface area contributed by atoms with E-state index in [1.807, 2.05) is 0 Å². The lowest BCUT2D eigenvalue weighted by Gasteiger charge is -2.15. The molecule has 21 heavy (non-hydrogen) atoms. The molecule has 1 aromatic carbocycles. The Morgan fingerprint density at radius 2 is 2.10 bits per heavy atom. The molecule has 2 aromatic rings. The van der Waals surface area contributed by atoms with Crippen LogP contribution in [0.3, 0.4) is 0 Å². The molecule has 1 aliphatic carbocycles. The first kappa shape index (κ1) is 13.3. The van der Waals surface area contributed by atoms with E-state index in [4.69, 9.17) is 5.10 Å². The fourth-order valence-electron chi connectivity index (χ4n) is 3.53. The van der Waals surface area contributed by atoms with Gasteiger partial charge in [0.15, 0.2) is 0 Å². The van der Waals surface area contributed by atoms with E-state index < -0.39 is 0 Å². The van der Waals surface area contributed by atoms with E-state index in [0.717, 1.165) is 19.1 Å². The Kier molecular flexibility index (Phi) is 3.43. The number of aryl methyl sites for hydroxylation is 1. The van der Waals surface area contributed by atoms with Crippen LogP contribution in [0.4, 0.5) is 0 Å². The van der Waals surface area contributed by atoms with Crippen molar-refractivity contribution >= 4 is 10.9 Å². The van der Waals surface area contributed by atoms with Crippen LogP contribution in [0.5, 0.6) is 0 Å². The van der Waals surface area contributed by atoms with Gasteiger partial charge >= 0.3 is 0 Å². The second-order valence-electron chi connectivity index (χ2n) is 6.37. The maximum Gasteiger partial charge on any atom is 0.0841 e. The standard InChI is InChI=1S/C17H24N4/c1-2-21-17-6-4-3-5-15(17)16(19-21)11-18-13-9-10-20(12-13)14-7-8-14/h3-6,13-14,18H,2,7-12H2,1H3. The summed E-state index contributed by atoms with van der Waals surface area (Å²) in [7, 11) is 0. The second-order valence-corrected chi connectivity index (χ2v) is 6.37. The van der Waals surface area contributed by atoms with Crippen LogP contribution < -0.4 is 5.32 Å². The summed E-state index contributed by atoms with van der Waals surface area (Å²) in [5.74, 6) is 0. The Morgan fingerprint density at radius 3 is 2.90 bits per heavy atom. The van der Waals surface area contributed by atoms with E-state index in [-0.39, 0.29) is 0 Å².